The van der Waals surface area contributed by atoms with Crippen LogP contribution in [0.1, 0.15) is 49.7 Å². The maximum absolute atomic E-state index is 12.5. The van der Waals surface area contributed by atoms with Crippen LogP contribution < -0.4 is 0 Å². The van der Waals surface area contributed by atoms with Crippen molar-refractivity contribution in [2.45, 2.75) is 45.4 Å². The van der Waals surface area contributed by atoms with Gasteiger partial charge in [-0.2, -0.15) is 0 Å². The molecule has 2 saturated carbocycles. The summed E-state index contributed by atoms with van der Waals surface area (Å²) in [5.74, 6) is 1.45. The highest BCUT2D eigenvalue weighted by Gasteiger charge is 2.36. The standard InChI is InChI=1S/C18H22O/c1-13-6-2-3-9-15(13)12-16-10-11-17(18(16)19)14-7-4-5-8-14/h2-3,6,9,12,14,17H,4-5,7-8,10-11H2,1H3. The van der Waals surface area contributed by atoms with Crippen molar-refractivity contribution in [3.63, 3.8) is 0 Å². The van der Waals surface area contributed by atoms with Crippen molar-refractivity contribution in [2.24, 2.45) is 11.8 Å². The molecule has 1 unspecified atom stereocenters. The van der Waals surface area contributed by atoms with E-state index in [1.807, 2.05) is 6.07 Å². The number of hydrogen-bond acceptors (Lipinski definition) is 1. The smallest absolute Gasteiger partial charge is 0.162 e. The summed E-state index contributed by atoms with van der Waals surface area (Å²) in [6, 6.07) is 8.32. The van der Waals surface area contributed by atoms with Gasteiger partial charge in [-0.15, -0.1) is 0 Å². The minimum Gasteiger partial charge on any atom is -0.294 e. The van der Waals surface area contributed by atoms with Crippen LogP contribution in [0.3, 0.4) is 0 Å². The third-order valence-corrected chi connectivity index (χ3v) is 4.86. The first-order chi connectivity index (χ1) is 9.25. The van der Waals surface area contributed by atoms with Gasteiger partial charge in [0.25, 0.3) is 0 Å². The Kier molecular flexibility index (Phi) is 3.54. The molecule has 1 aromatic carbocycles. The predicted molar refractivity (Wildman–Crippen MR) is 78.8 cm³/mol. The Morgan fingerprint density at radius 1 is 1.11 bits per heavy atom. The highest BCUT2D eigenvalue weighted by molar-refractivity contribution is 6.03. The molecule has 0 amide bonds. The number of hydrogen-bond donors (Lipinski definition) is 0. The summed E-state index contributed by atoms with van der Waals surface area (Å²) in [7, 11) is 0. The van der Waals surface area contributed by atoms with E-state index in [9.17, 15) is 4.79 Å². The average molecular weight is 254 g/mol. The maximum Gasteiger partial charge on any atom is 0.162 e. The summed E-state index contributed by atoms with van der Waals surface area (Å²) in [5.41, 5.74) is 3.52. The molecule has 1 nitrogen and oxygen atoms in total. The zero-order chi connectivity index (χ0) is 13.2. The number of carbonyl (C=O) groups excluding carboxylic acids is 1. The Morgan fingerprint density at radius 3 is 2.58 bits per heavy atom. The highest BCUT2D eigenvalue weighted by atomic mass is 16.1. The predicted octanol–water partition coefficient (Wildman–Crippen LogP) is 4.55. The molecule has 3 rings (SSSR count). The second-order valence-electron chi connectivity index (χ2n) is 6.08. The molecular weight excluding hydrogens is 232 g/mol. The van der Waals surface area contributed by atoms with E-state index >= 15 is 0 Å². The number of benzene rings is 1. The quantitative estimate of drug-likeness (QED) is 0.708. The Labute approximate surface area is 115 Å². The zero-order valence-corrected chi connectivity index (χ0v) is 11.7. The van der Waals surface area contributed by atoms with E-state index in [0.29, 0.717) is 17.6 Å². The van der Waals surface area contributed by atoms with Crippen molar-refractivity contribution in [3.8, 4) is 0 Å². The van der Waals surface area contributed by atoms with Gasteiger partial charge in [-0.05, 0) is 61.3 Å². The molecule has 2 aliphatic rings. The molecule has 2 aliphatic carbocycles. The number of Topliss-reactive ketones (excluding diaryl/α,β-unsaturated/α-hetero) is 1. The second kappa shape index (κ2) is 5.32. The van der Waals surface area contributed by atoms with Gasteiger partial charge in [0.15, 0.2) is 5.78 Å². The molecular formula is C18H22O. The fraction of sp³-hybridized carbons (Fsp3) is 0.500. The van der Waals surface area contributed by atoms with Crippen LogP contribution in [0.5, 0.6) is 0 Å². The molecule has 0 spiro atoms. The van der Waals surface area contributed by atoms with Crippen LogP contribution >= 0.6 is 0 Å². The fourth-order valence-corrected chi connectivity index (χ4v) is 3.69. The molecule has 0 bridgehead atoms. The van der Waals surface area contributed by atoms with Gasteiger partial charge in [0.05, 0.1) is 0 Å². The lowest BCUT2D eigenvalue weighted by Crippen LogP contribution is -2.16. The molecule has 1 atom stereocenters. The molecule has 0 heterocycles. The van der Waals surface area contributed by atoms with E-state index < -0.39 is 0 Å². The monoisotopic (exact) mass is 254 g/mol. The number of ketones is 1. The first kappa shape index (κ1) is 12.7. The van der Waals surface area contributed by atoms with Crippen molar-refractivity contribution < 1.29 is 4.79 Å². The van der Waals surface area contributed by atoms with Crippen LogP contribution in [0.2, 0.25) is 0 Å². The molecule has 0 N–H and O–H groups in total. The summed E-state index contributed by atoms with van der Waals surface area (Å²) >= 11 is 0. The highest BCUT2D eigenvalue weighted by Crippen LogP contribution is 2.40. The number of allylic oxidation sites excluding steroid dienone is 1. The summed E-state index contributed by atoms with van der Waals surface area (Å²) in [6.45, 7) is 2.11. The minimum absolute atomic E-state index is 0.331. The largest absolute Gasteiger partial charge is 0.294 e. The lowest BCUT2D eigenvalue weighted by molar-refractivity contribution is -0.119. The third-order valence-electron chi connectivity index (χ3n) is 4.86. The average Bonchev–Trinajstić information content (AvgIpc) is 3.03. The van der Waals surface area contributed by atoms with Crippen molar-refractivity contribution in [2.75, 3.05) is 0 Å². The summed E-state index contributed by atoms with van der Waals surface area (Å²) in [6.07, 6.45) is 9.39. The maximum atomic E-state index is 12.5. The SMILES string of the molecule is Cc1ccccc1C=C1CCC(C2CCCC2)C1=O. The number of carbonyl (C=O) groups is 1. The van der Waals surface area contributed by atoms with Crippen molar-refractivity contribution in [1.82, 2.24) is 0 Å². The van der Waals surface area contributed by atoms with E-state index in [4.69, 9.17) is 0 Å². The lowest BCUT2D eigenvalue weighted by atomic mass is 9.88. The normalized spacial score (nSPS) is 26.5. The summed E-state index contributed by atoms with van der Waals surface area (Å²) in [4.78, 5) is 12.5. The van der Waals surface area contributed by atoms with E-state index in [2.05, 4.69) is 31.2 Å². The molecule has 0 saturated heterocycles. The van der Waals surface area contributed by atoms with E-state index in [1.54, 1.807) is 0 Å². The van der Waals surface area contributed by atoms with Crippen LogP contribution in [0.4, 0.5) is 0 Å². The van der Waals surface area contributed by atoms with Gasteiger partial charge < -0.3 is 0 Å². The van der Waals surface area contributed by atoms with Gasteiger partial charge in [-0.3, -0.25) is 4.79 Å². The Bertz CT molecular complexity index is 506. The lowest BCUT2D eigenvalue weighted by Gasteiger charge is -2.15. The first-order valence-electron chi connectivity index (χ1n) is 7.56. The van der Waals surface area contributed by atoms with Crippen molar-refractivity contribution in [1.29, 1.82) is 0 Å². The molecule has 100 valence electrons. The molecule has 2 fully saturated rings. The van der Waals surface area contributed by atoms with Crippen LogP contribution in [0, 0.1) is 18.8 Å². The zero-order valence-electron chi connectivity index (χ0n) is 11.7. The van der Waals surface area contributed by atoms with Crippen molar-refractivity contribution in [3.05, 3.63) is 41.0 Å². The molecule has 0 aromatic heterocycles. The Hall–Kier alpha value is -1.37. The van der Waals surface area contributed by atoms with Crippen LogP contribution in [0.25, 0.3) is 6.08 Å². The molecule has 1 heteroatoms. The van der Waals surface area contributed by atoms with Gasteiger partial charge in [0.1, 0.15) is 0 Å². The second-order valence-corrected chi connectivity index (χ2v) is 6.08. The summed E-state index contributed by atoms with van der Waals surface area (Å²) in [5, 5.41) is 0. The Morgan fingerprint density at radius 2 is 1.84 bits per heavy atom. The van der Waals surface area contributed by atoms with Gasteiger partial charge in [0, 0.05) is 5.92 Å². The molecule has 19 heavy (non-hydrogen) atoms. The fourth-order valence-electron chi connectivity index (χ4n) is 3.69. The third kappa shape index (κ3) is 2.51. The molecule has 1 aromatic rings. The van der Waals surface area contributed by atoms with E-state index in [0.717, 1.165) is 18.4 Å². The van der Waals surface area contributed by atoms with Crippen LogP contribution in [-0.2, 0) is 4.79 Å². The molecule has 0 radical (unpaired) electrons. The molecule has 0 aliphatic heterocycles. The number of rotatable bonds is 2. The first-order valence-corrected chi connectivity index (χ1v) is 7.56. The minimum atomic E-state index is 0.331. The van der Waals surface area contributed by atoms with E-state index in [-0.39, 0.29) is 0 Å². The van der Waals surface area contributed by atoms with Gasteiger partial charge in [-0.25, -0.2) is 0 Å². The van der Waals surface area contributed by atoms with Gasteiger partial charge in [-0.1, -0.05) is 37.1 Å². The van der Waals surface area contributed by atoms with Gasteiger partial charge >= 0.3 is 0 Å². The Balaban J connectivity index is 1.80. The summed E-state index contributed by atoms with van der Waals surface area (Å²) < 4.78 is 0. The topological polar surface area (TPSA) is 17.1 Å². The van der Waals surface area contributed by atoms with Gasteiger partial charge in [0.2, 0.25) is 0 Å². The number of aryl methyl sites for hydroxylation is 1. The van der Waals surface area contributed by atoms with Crippen molar-refractivity contribution >= 4 is 11.9 Å². The van der Waals surface area contributed by atoms with Crippen LogP contribution in [-0.4, -0.2) is 5.78 Å². The van der Waals surface area contributed by atoms with E-state index in [1.165, 1.54) is 36.8 Å². The van der Waals surface area contributed by atoms with Crippen LogP contribution in [0.15, 0.2) is 29.8 Å².